The highest BCUT2D eigenvalue weighted by Crippen LogP contribution is 2.19. The lowest BCUT2D eigenvalue weighted by Gasteiger charge is -2.22. The number of para-hydroxylation sites is 1. The van der Waals surface area contributed by atoms with E-state index in [0.29, 0.717) is 11.3 Å². The number of hydrogen-bond acceptors (Lipinski definition) is 5. The van der Waals surface area contributed by atoms with Gasteiger partial charge >= 0.3 is 6.09 Å². The summed E-state index contributed by atoms with van der Waals surface area (Å²) in [5.74, 6) is -0.671. The Morgan fingerprint density at radius 3 is 2.00 bits per heavy atom. The van der Waals surface area contributed by atoms with E-state index in [-0.39, 0.29) is 19.4 Å². The average Bonchev–Trinajstić information content (AvgIpc) is 2.88. The van der Waals surface area contributed by atoms with Crippen LogP contribution >= 0.6 is 0 Å². The number of benzene rings is 3. The molecule has 8 nitrogen and oxygen atoms in total. The van der Waals surface area contributed by atoms with E-state index in [2.05, 4.69) is 10.6 Å². The van der Waals surface area contributed by atoms with E-state index in [4.69, 9.17) is 15.2 Å². The first kappa shape index (κ1) is 25.3. The van der Waals surface area contributed by atoms with Gasteiger partial charge in [-0.1, -0.05) is 78.9 Å². The summed E-state index contributed by atoms with van der Waals surface area (Å²) in [4.78, 5) is 37.8. The number of rotatable bonds is 11. The minimum Gasteiger partial charge on any atom is -0.496 e. The van der Waals surface area contributed by atoms with Crippen molar-refractivity contribution in [1.29, 1.82) is 0 Å². The van der Waals surface area contributed by atoms with Crippen molar-refractivity contribution in [2.45, 2.75) is 31.5 Å². The van der Waals surface area contributed by atoms with Gasteiger partial charge in [0, 0.05) is 12.8 Å². The van der Waals surface area contributed by atoms with Gasteiger partial charge in [-0.2, -0.15) is 0 Å². The highest BCUT2D eigenvalue weighted by atomic mass is 16.5. The molecule has 0 saturated heterocycles. The molecule has 0 unspecified atom stereocenters. The van der Waals surface area contributed by atoms with Crippen LogP contribution in [0.5, 0.6) is 5.75 Å². The third-order valence-electron chi connectivity index (χ3n) is 5.38. The van der Waals surface area contributed by atoms with Gasteiger partial charge in [0.25, 0.3) is 0 Å². The van der Waals surface area contributed by atoms with Crippen molar-refractivity contribution < 1.29 is 23.9 Å². The summed E-state index contributed by atoms with van der Waals surface area (Å²) in [5, 5.41) is 5.29. The Morgan fingerprint density at radius 2 is 1.37 bits per heavy atom. The Labute approximate surface area is 204 Å². The van der Waals surface area contributed by atoms with E-state index in [1.54, 1.807) is 24.3 Å². The van der Waals surface area contributed by atoms with Gasteiger partial charge in [-0.15, -0.1) is 0 Å². The minimum atomic E-state index is -1.00. The molecule has 0 bridgehead atoms. The van der Waals surface area contributed by atoms with Crippen molar-refractivity contribution in [3.8, 4) is 5.75 Å². The molecule has 3 rings (SSSR count). The van der Waals surface area contributed by atoms with Crippen LogP contribution in [0.15, 0.2) is 84.9 Å². The van der Waals surface area contributed by atoms with Crippen molar-refractivity contribution in [3.05, 3.63) is 102 Å². The Hall–Kier alpha value is -4.33. The quantitative estimate of drug-likeness (QED) is 0.394. The van der Waals surface area contributed by atoms with Crippen LogP contribution in [0.3, 0.4) is 0 Å². The van der Waals surface area contributed by atoms with Crippen LogP contribution in [-0.4, -0.2) is 37.1 Å². The second-order valence-corrected chi connectivity index (χ2v) is 7.93. The average molecular weight is 476 g/mol. The molecule has 0 spiro atoms. The summed E-state index contributed by atoms with van der Waals surface area (Å²) in [6, 6.07) is 23.6. The van der Waals surface area contributed by atoms with Crippen LogP contribution in [0, 0.1) is 0 Å². The predicted molar refractivity (Wildman–Crippen MR) is 132 cm³/mol. The topological polar surface area (TPSA) is 120 Å². The molecule has 0 heterocycles. The first-order valence-corrected chi connectivity index (χ1v) is 11.2. The lowest BCUT2D eigenvalue weighted by atomic mass is 10.0. The van der Waals surface area contributed by atoms with E-state index < -0.39 is 30.0 Å². The molecule has 0 fully saturated rings. The van der Waals surface area contributed by atoms with Crippen LogP contribution < -0.4 is 21.1 Å². The van der Waals surface area contributed by atoms with Gasteiger partial charge in [-0.05, 0) is 22.8 Å². The first-order chi connectivity index (χ1) is 17.0. The maximum absolute atomic E-state index is 13.2. The zero-order valence-corrected chi connectivity index (χ0v) is 19.5. The maximum Gasteiger partial charge on any atom is 0.408 e. The maximum atomic E-state index is 13.2. The number of amides is 3. The van der Waals surface area contributed by atoms with E-state index >= 15 is 0 Å². The van der Waals surface area contributed by atoms with E-state index in [1.165, 1.54) is 7.11 Å². The highest BCUT2D eigenvalue weighted by Gasteiger charge is 2.27. The monoisotopic (exact) mass is 475 g/mol. The molecule has 3 amide bonds. The molecule has 3 aromatic carbocycles. The third kappa shape index (κ3) is 7.89. The minimum absolute atomic E-state index is 0.0596. The number of carbonyl (C=O) groups excluding carboxylic acids is 3. The van der Waals surface area contributed by atoms with Gasteiger partial charge in [-0.25, -0.2) is 4.79 Å². The number of nitrogens with two attached hydrogens (primary N) is 1. The lowest BCUT2D eigenvalue weighted by Crippen LogP contribution is -2.54. The summed E-state index contributed by atoms with van der Waals surface area (Å²) in [6.45, 7) is 0.0596. The molecule has 35 heavy (non-hydrogen) atoms. The molecule has 0 aromatic heterocycles. The second-order valence-electron chi connectivity index (χ2n) is 7.93. The summed E-state index contributed by atoms with van der Waals surface area (Å²) >= 11 is 0. The van der Waals surface area contributed by atoms with Crippen LogP contribution in [0.1, 0.15) is 16.7 Å². The molecular formula is C27H29N3O5. The number of ether oxygens (including phenoxy) is 2. The zero-order valence-electron chi connectivity index (χ0n) is 19.5. The molecule has 4 N–H and O–H groups in total. The summed E-state index contributed by atoms with van der Waals surface area (Å²) in [6.07, 6.45) is -0.403. The van der Waals surface area contributed by atoms with Gasteiger partial charge in [0.15, 0.2) is 0 Å². The normalized spacial score (nSPS) is 12.1. The van der Waals surface area contributed by atoms with Crippen molar-refractivity contribution in [1.82, 2.24) is 10.6 Å². The zero-order chi connectivity index (χ0) is 25.0. The molecule has 0 aliphatic heterocycles. The Kier molecular flexibility index (Phi) is 9.24. The van der Waals surface area contributed by atoms with Crippen molar-refractivity contribution in [2.75, 3.05) is 7.11 Å². The number of nitrogens with one attached hydrogen (secondary N) is 2. The fraction of sp³-hybridized carbons (Fsp3) is 0.222. The molecule has 0 aliphatic carbocycles. The highest BCUT2D eigenvalue weighted by molar-refractivity contribution is 5.91. The molecule has 2 atom stereocenters. The van der Waals surface area contributed by atoms with E-state index in [0.717, 1.165) is 11.1 Å². The van der Waals surface area contributed by atoms with Crippen molar-refractivity contribution in [2.24, 2.45) is 5.73 Å². The Bertz CT molecular complexity index is 1120. The van der Waals surface area contributed by atoms with Gasteiger partial charge in [0.1, 0.15) is 24.4 Å². The number of primary amides is 1. The number of hydrogen-bond donors (Lipinski definition) is 3. The summed E-state index contributed by atoms with van der Waals surface area (Å²) in [7, 11) is 1.53. The SMILES string of the molecule is COc1ccccc1C[C@H](NC(=O)[C@@H](Cc1ccccc1)NC(=O)OCc1ccccc1)C(N)=O. The predicted octanol–water partition coefficient (Wildman–Crippen LogP) is 2.75. The molecule has 8 heteroatoms. The smallest absolute Gasteiger partial charge is 0.408 e. The Morgan fingerprint density at radius 1 is 0.771 bits per heavy atom. The number of carbonyl (C=O) groups is 3. The van der Waals surface area contributed by atoms with Crippen molar-refractivity contribution in [3.63, 3.8) is 0 Å². The fourth-order valence-electron chi connectivity index (χ4n) is 3.55. The molecular weight excluding hydrogens is 446 g/mol. The number of methoxy groups -OCH3 is 1. The molecule has 182 valence electrons. The molecule has 3 aromatic rings. The van der Waals surface area contributed by atoms with Gasteiger partial charge in [-0.3, -0.25) is 9.59 Å². The second kappa shape index (κ2) is 12.8. The van der Waals surface area contributed by atoms with Gasteiger partial charge < -0.3 is 25.8 Å². The van der Waals surface area contributed by atoms with Crippen LogP contribution in [0.4, 0.5) is 4.79 Å². The van der Waals surface area contributed by atoms with E-state index in [9.17, 15) is 14.4 Å². The molecule has 0 aliphatic rings. The van der Waals surface area contributed by atoms with Gasteiger partial charge in [0.05, 0.1) is 7.11 Å². The number of alkyl carbamates (subject to hydrolysis) is 1. The summed E-state index contributed by atoms with van der Waals surface area (Å²) < 4.78 is 10.6. The Balaban J connectivity index is 1.71. The van der Waals surface area contributed by atoms with Crippen LogP contribution in [-0.2, 0) is 33.8 Å². The lowest BCUT2D eigenvalue weighted by molar-refractivity contribution is -0.128. The molecule has 0 saturated carbocycles. The van der Waals surface area contributed by atoms with Crippen molar-refractivity contribution >= 4 is 17.9 Å². The molecule has 0 radical (unpaired) electrons. The van der Waals surface area contributed by atoms with E-state index in [1.807, 2.05) is 60.7 Å². The summed E-state index contributed by atoms with van der Waals surface area (Å²) in [5.41, 5.74) is 7.95. The first-order valence-electron chi connectivity index (χ1n) is 11.2. The largest absolute Gasteiger partial charge is 0.496 e. The van der Waals surface area contributed by atoms with Gasteiger partial charge in [0.2, 0.25) is 11.8 Å². The van der Waals surface area contributed by atoms with Crippen LogP contribution in [0.2, 0.25) is 0 Å². The third-order valence-corrected chi connectivity index (χ3v) is 5.38. The fourth-order valence-corrected chi connectivity index (χ4v) is 3.55. The standard InChI is InChI=1S/C27H29N3O5/c1-34-24-15-9-8-14-21(24)17-22(25(28)31)29-26(32)23(16-19-10-4-2-5-11-19)30-27(33)35-18-20-12-6-3-7-13-20/h2-15,22-23H,16-18H2,1H3,(H2,28,31)(H,29,32)(H,30,33)/t22-,23+/m0/s1. The van der Waals surface area contributed by atoms with Crippen LogP contribution in [0.25, 0.3) is 0 Å².